The van der Waals surface area contributed by atoms with Gasteiger partial charge in [-0.2, -0.15) is 5.10 Å². The van der Waals surface area contributed by atoms with Crippen LogP contribution < -0.4 is 11.1 Å². The van der Waals surface area contributed by atoms with E-state index < -0.39 is 0 Å². The fourth-order valence-electron chi connectivity index (χ4n) is 1.98. The lowest BCUT2D eigenvalue weighted by Crippen LogP contribution is -2.28. The molecule has 2 rings (SSSR count). The van der Waals surface area contributed by atoms with Crippen molar-refractivity contribution in [3.8, 4) is 0 Å². The van der Waals surface area contributed by atoms with Gasteiger partial charge in [0.25, 0.3) is 0 Å². The summed E-state index contributed by atoms with van der Waals surface area (Å²) in [6.45, 7) is 2.37. The Morgan fingerprint density at radius 2 is 2.16 bits per heavy atom. The van der Waals surface area contributed by atoms with Gasteiger partial charge in [-0.15, -0.1) is 0 Å². The lowest BCUT2D eigenvalue weighted by Gasteiger charge is -2.13. The maximum Gasteiger partial charge on any atom is 0.224 e. The van der Waals surface area contributed by atoms with E-state index in [1.807, 2.05) is 31.2 Å². The highest BCUT2D eigenvalue weighted by Gasteiger charge is 2.12. The Morgan fingerprint density at radius 1 is 1.42 bits per heavy atom. The Balaban J connectivity index is 1.98. The summed E-state index contributed by atoms with van der Waals surface area (Å²) in [6, 6.07) is 7.67. The second-order valence-electron chi connectivity index (χ2n) is 4.47. The van der Waals surface area contributed by atoms with Crippen LogP contribution in [0.15, 0.2) is 36.7 Å². The minimum absolute atomic E-state index is 0.0189. The van der Waals surface area contributed by atoms with Gasteiger partial charge in [0.05, 0.1) is 18.7 Å². The third-order valence-electron chi connectivity index (χ3n) is 3.09. The van der Waals surface area contributed by atoms with Crippen molar-refractivity contribution < 1.29 is 4.79 Å². The molecule has 4 N–H and O–H groups in total. The van der Waals surface area contributed by atoms with Crippen LogP contribution in [-0.4, -0.2) is 16.1 Å². The quantitative estimate of drug-likeness (QED) is 0.755. The Labute approximate surface area is 112 Å². The van der Waals surface area contributed by atoms with E-state index in [1.165, 1.54) is 0 Å². The molecule has 100 valence electrons. The number of benzene rings is 1. The molecular weight excluding hydrogens is 240 g/mol. The molecule has 0 aliphatic rings. The maximum absolute atomic E-state index is 12.0. The van der Waals surface area contributed by atoms with Crippen molar-refractivity contribution >= 4 is 5.91 Å². The molecular formula is C14H18N4O. The molecule has 5 nitrogen and oxygen atoms in total. The number of amides is 1. The van der Waals surface area contributed by atoms with Crippen molar-refractivity contribution in [1.82, 2.24) is 15.5 Å². The van der Waals surface area contributed by atoms with Crippen LogP contribution >= 0.6 is 0 Å². The van der Waals surface area contributed by atoms with Crippen LogP contribution in [0.3, 0.4) is 0 Å². The number of nitrogens with zero attached hydrogens (tertiary/aromatic N) is 1. The number of carbonyl (C=O) groups is 1. The number of hydrogen-bond donors (Lipinski definition) is 3. The van der Waals surface area contributed by atoms with Crippen molar-refractivity contribution in [3.63, 3.8) is 0 Å². The Bertz CT molecular complexity index is 536. The van der Waals surface area contributed by atoms with Crippen molar-refractivity contribution in [2.24, 2.45) is 5.73 Å². The van der Waals surface area contributed by atoms with E-state index in [1.54, 1.807) is 12.4 Å². The third-order valence-corrected chi connectivity index (χ3v) is 3.09. The minimum atomic E-state index is -0.0590. The van der Waals surface area contributed by atoms with Gasteiger partial charge >= 0.3 is 0 Å². The first-order chi connectivity index (χ1) is 9.20. The molecule has 1 atom stereocenters. The van der Waals surface area contributed by atoms with Crippen LogP contribution in [0.5, 0.6) is 0 Å². The normalized spacial score (nSPS) is 12.1. The lowest BCUT2D eigenvalue weighted by atomic mass is 10.0. The van der Waals surface area contributed by atoms with Crippen molar-refractivity contribution in [2.45, 2.75) is 25.9 Å². The van der Waals surface area contributed by atoms with Gasteiger partial charge in [-0.25, -0.2) is 0 Å². The average Bonchev–Trinajstić information content (AvgIpc) is 2.93. The van der Waals surface area contributed by atoms with E-state index >= 15 is 0 Å². The predicted octanol–water partition coefficient (Wildman–Crippen LogP) is 1.29. The molecule has 0 bridgehead atoms. The summed E-state index contributed by atoms with van der Waals surface area (Å²) >= 11 is 0. The second kappa shape index (κ2) is 6.15. The standard InChI is InChI=1S/C14H18N4O/c1-10(13-8-16-17-9-13)18-14(19)6-11-4-2-3-5-12(11)7-15/h2-5,8-10H,6-7,15H2,1H3,(H,16,17)(H,18,19). The van der Waals surface area contributed by atoms with Crippen LogP contribution in [0.1, 0.15) is 29.7 Å². The van der Waals surface area contributed by atoms with Gasteiger partial charge in [0.1, 0.15) is 0 Å². The fourth-order valence-corrected chi connectivity index (χ4v) is 1.98. The number of hydrogen-bond acceptors (Lipinski definition) is 3. The number of nitrogens with two attached hydrogens (primary N) is 1. The zero-order chi connectivity index (χ0) is 13.7. The van der Waals surface area contributed by atoms with Crippen molar-refractivity contribution in [2.75, 3.05) is 0 Å². The van der Waals surface area contributed by atoms with E-state index in [0.717, 1.165) is 16.7 Å². The van der Waals surface area contributed by atoms with Gasteiger partial charge in [0, 0.05) is 18.3 Å². The summed E-state index contributed by atoms with van der Waals surface area (Å²) < 4.78 is 0. The summed E-state index contributed by atoms with van der Waals surface area (Å²) in [5.74, 6) is -0.0189. The molecule has 2 aromatic rings. The van der Waals surface area contributed by atoms with Crippen LogP contribution in [0, 0.1) is 0 Å². The molecule has 0 radical (unpaired) electrons. The van der Waals surface area contributed by atoms with E-state index in [-0.39, 0.29) is 11.9 Å². The largest absolute Gasteiger partial charge is 0.349 e. The molecule has 0 saturated carbocycles. The predicted molar refractivity (Wildman–Crippen MR) is 73.2 cm³/mol. The number of nitrogens with one attached hydrogen (secondary N) is 2. The number of carbonyl (C=O) groups excluding carboxylic acids is 1. The SMILES string of the molecule is CC(NC(=O)Cc1ccccc1CN)c1cn[nH]c1. The van der Waals surface area contributed by atoms with Gasteiger partial charge in [-0.1, -0.05) is 24.3 Å². The molecule has 5 heteroatoms. The van der Waals surface area contributed by atoms with Gasteiger partial charge in [0.2, 0.25) is 5.91 Å². The van der Waals surface area contributed by atoms with E-state index in [0.29, 0.717) is 13.0 Å². The van der Waals surface area contributed by atoms with Crippen molar-refractivity contribution in [1.29, 1.82) is 0 Å². The number of aromatic nitrogens is 2. The van der Waals surface area contributed by atoms with Gasteiger partial charge in [0.15, 0.2) is 0 Å². The number of H-pyrrole nitrogens is 1. The van der Waals surface area contributed by atoms with Crippen molar-refractivity contribution in [3.05, 3.63) is 53.3 Å². The maximum atomic E-state index is 12.0. The first-order valence-corrected chi connectivity index (χ1v) is 6.25. The summed E-state index contributed by atoms with van der Waals surface area (Å²) in [7, 11) is 0. The Kier molecular flexibility index (Phi) is 4.30. The first kappa shape index (κ1) is 13.3. The van der Waals surface area contributed by atoms with Gasteiger partial charge in [-0.05, 0) is 18.1 Å². The highest BCUT2D eigenvalue weighted by atomic mass is 16.1. The van der Waals surface area contributed by atoms with E-state index in [9.17, 15) is 4.79 Å². The molecule has 0 fully saturated rings. The third kappa shape index (κ3) is 3.42. The lowest BCUT2D eigenvalue weighted by molar-refractivity contribution is -0.121. The fraction of sp³-hybridized carbons (Fsp3) is 0.286. The molecule has 19 heavy (non-hydrogen) atoms. The van der Waals surface area contributed by atoms with Crippen LogP contribution in [0.2, 0.25) is 0 Å². The average molecular weight is 258 g/mol. The number of rotatable bonds is 5. The molecule has 1 unspecified atom stereocenters. The topological polar surface area (TPSA) is 83.8 Å². The summed E-state index contributed by atoms with van der Waals surface area (Å²) in [5, 5.41) is 9.55. The molecule has 1 amide bonds. The summed E-state index contributed by atoms with van der Waals surface area (Å²) in [5.41, 5.74) is 8.60. The van der Waals surface area contributed by atoms with Gasteiger partial charge in [-0.3, -0.25) is 9.89 Å². The van der Waals surface area contributed by atoms with Gasteiger partial charge < -0.3 is 11.1 Å². The Hall–Kier alpha value is -2.14. The zero-order valence-electron chi connectivity index (χ0n) is 10.9. The molecule has 0 spiro atoms. The summed E-state index contributed by atoms with van der Waals surface area (Å²) in [4.78, 5) is 12.0. The highest BCUT2D eigenvalue weighted by Crippen LogP contribution is 2.12. The van der Waals surface area contributed by atoms with E-state index in [2.05, 4.69) is 15.5 Å². The monoisotopic (exact) mass is 258 g/mol. The smallest absolute Gasteiger partial charge is 0.224 e. The molecule has 1 aromatic carbocycles. The Morgan fingerprint density at radius 3 is 2.79 bits per heavy atom. The second-order valence-corrected chi connectivity index (χ2v) is 4.47. The van der Waals surface area contributed by atoms with Crippen LogP contribution in [0.4, 0.5) is 0 Å². The molecule has 1 aromatic heterocycles. The molecule has 1 heterocycles. The van der Waals surface area contributed by atoms with E-state index in [4.69, 9.17) is 5.73 Å². The molecule has 0 aliphatic heterocycles. The zero-order valence-corrected chi connectivity index (χ0v) is 10.9. The first-order valence-electron chi connectivity index (χ1n) is 6.25. The summed E-state index contributed by atoms with van der Waals surface area (Å²) in [6.07, 6.45) is 3.83. The molecule has 0 aliphatic carbocycles. The number of aromatic amines is 1. The minimum Gasteiger partial charge on any atom is -0.349 e. The highest BCUT2D eigenvalue weighted by molar-refractivity contribution is 5.79. The van der Waals surface area contributed by atoms with Crippen LogP contribution in [0.25, 0.3) is 0 Å². The van der Waals surface area contributed by atoms with Crippen LogP contribution in [-0.2, 0) is 17.8 Å². The molecule has 0 saturated heterocycles.